The lowest BCUT2D eigenvalue weighted by Gasteiger charge is -2.30. The second kappa shape index (κ2) is 9.89. The molecule has 1 aliphatic rings. The van der Waals surface area contributed by atoms with Gasteiger partial charge in [0.25, 0.3) is 5.89 Å². The summed E-state index contributed by atoms with van der Waals surface area (Å²) in [5, 5.41) is 4.11. The third-order valence-corrected chi connectivity index (χ3v) is 5.94. The van der Waals surface area contributed by atoms with Gasteiger partial charge in [0.2, 0.25) is 5.91 Å². The van der Waals surface area contributed by atoms with E-state index < -0.39 is 0 Å². The van der Waals surface area contributed by atoms with E-state index in [1.807, 2.05) is 18.7 Å². The number of aromatic nitrogens is 4. The molecular formula is C24H27N5O4. The Morgan fingerprint density at radius 2 is 1.91 bits per heavy atom. The number of methoxy groups -OCH3 is 1. The standard InChI is InChI=1S/C24H27N5O4/c1-15-12-18(4-6-21(15)32-3)20(30)5-7-22(31)29-10-8-17(9-11-29)23-27-24(33-28-23)19-14-25-16(2)13-26-19/h4,6,12-14,17H,5,7-11H2,1-3H3. The molecule has 0 atom stereocenters. The quantitative estimate of drug-likeness (QED) is 0.504. The average Bonchev–Trinajstić information content (AvgIpc) is 3.33. The molecule has 0 N–H and O–H groups in total. The van der Waals surface area contributed by atoms with Gasteiger partial charge in [0.1, 0.15) is 11.4 Å². The number of piperidine rings is 1. The number of amides is 1. The summed E-state index contributed by atoms with van der Waals surface area (Å²) in [5.41, 5.74) is 2.86. The second-order valence-electron chi connectivity index (χ2n) is 8.26. The molecule has 1 aromatic carbocycles. The molecular weight excluding hydrogens is 422 g/mol. The minimum atomic E-state index is -0.0393. The van der Waals surface area contributed by atoms with Gasteiger partial charge in [0.15, 0.2) is 11.6 Å². The van der Waals surface area contributed by atoms with Crippen LogP contribution in [0.4, 0.5) is 0 Å². The van der Waals surface area contributed by atoms with Crippen molar-refractivity contribution in [3.05, 3.63) is 53.2 Å². The zero-order valence-electron chi connectivity index (χ0n) is 19.1. The van der Waals surface area contributed by atoms with Gasteiger partial charge in [-0.1, -0.05) is 5.16 Å². The molecule has 1 aliphatic heterocycles. The summed E-state index contributed by atoms with van der Waals surface area (Å²) in [7, 11) is 1.60. The monoisotopic (exact) mass is 449 g/mol. The Morgan fingerprint density at radius 3 is 2.58 bits per heavy atom. The molecule has 2 aromatic heterocycles. The van der Waals surface area contributed by atoms with Crippen molar-refractivity contribution in [2.75, 3.05) is 20.2 Å². The van der Waals surface area contributed by atoms with Gasteiger partial charge in [-0.15, -0.1) is 0 Å². The molecule has 9 heteroatoms. The Labute approximate surface area is 192 Å². The van der Waals surface area contributed by atoms with Crippen LogP contribution in [-0.4, -0.2) is 56.9 Å². The van der Waals surface area contributed by atoms with Crippen molar-refractivity contribution in [1.82, 2.24) is 25.0 Å². The average molecular weight is 450 g/mol. The molecule has 0 aliphatic carbocycles. The SMILES string of the molecule is COc1ccc(C(=O)CCC(=O)N2CCC(c3noc(-c4cnc(C)cn4)n3)CC2)cc1C. The van der Waals surface area contributed by atoms with Gasteiger partial charge in [-0.2, -0.15) is 4.98 Å². The number of ether oxygens (including phenoxy) is 1. The molecule has 1 saturated heterocycles. The summed E-state index contributed by atoms with van der Waals surface area (Å²) >= 11 is 0. The number of likely N-dealkylation sites (tertiary alicyclic amines) is 1. The molecule has 3 aromatic rings. The fourth-order valence-electron chi connectivity index (χ4n) is 3.97. The fourth-order valence-corrected chi connectivity index (χ4v) is 3.97. The Hall–Kier alpha value is -3.62. The van der Waals surface area contributed by atoms with Crippen LogP contribution in [0.5, 0.6) is 5.75 Å². The van der Waals surface area contributed by atoms with Crippen LogP contribution in [0.3, 0.4) is 0 Å². The molecule has 0 saturated carbocycles. The molecule has 1 fully saturated rings. The van der Waals surface area contributed by atoms with E-state index in [1.165, 1.54) is 0 Å². The predicted octanol–water partition coefficient (Wildman–Crippen LogP) is 3.52. The lowest BCUT2D eigenvalue weighted by Crippen LogP contribution is -2.38. The molecule has 0 bridgehead atoms. The van der Waals surface area contributed by atoms with Crippen LogP contribution >= 0.6 is 0 Å². The maximum Gasteiger partial charge on any atom is 0.278 e. The van der Waals surface area contributed by atoms with E-state index in [9.17, 15) is 9.59 Å². The third-order valence-electron chi connectivity index (χ3n) is 5.94. The van der Waals surface area contributed by atoms with Gasteiger partial charge in [-0.3, -0.25) is 14.6 Å². The Bertz CT molecular complexity index is 1130. The largest absolute Gasteiger partial charge is 0.496 e. The van der Waals surface area contributed by atoms with Crippen molar-refractivity contribution in [3.8, 4) is 17.3 Å². The molecule has 9 nitrogen and oxygen atoms in total. The smallest absolute Gasteiger partial charge is 0.278 e. The Kier molecular flexibility index (Phi) is 6.76. The summed E-state index contributed by atoms with van der Waals surface area (Å²) in [5.74, 6) is 1.80. The Morgan fingerprint density at radius 1 is 1.12 bits per heavy atom. The van der Waals surface area contributed by atoms with Crippen molar-refractivity contribution in [1.29, 1.82) is 0 Å². The first-order valence-corrected chi connectivity index (χ1v) is 11.0. The zero-order chi connectivity index (χ0) is 23.4. The molecule has 4 rings (SSSR count). The number of rotatable bonds is 7. The third kappa shape index (κ3) is 5.24. The maximum atomic E-state index is 12.6. The van der Waals surface area contributed by atoms with Crippen molar-refractivity contribution >= 4 is 11.7 Å². The van der Waals surface area contributed by atoms with Gasteiger partial charge in [0, 0.05) is 43.6 Å². The molecule has 0 radical (unpaired) electrons. The Balaban J connectivity index is 1.27. The summed E-state index contributed by atoms with van der Waals surface area (Å²) < 4.78 is 10.6. The second-order valence-corrected chi connectivity index (χ2v) is 8.26. The van der Waals surface area contributed by atoms with E-state index in [4.69, 9.17) is 9.26 Å². The van der Waals surface area contributed by atoms with Crippen LogP contribution in [0, 0.1) is 13.8 Å². The highest BCUT2D eigenvalue weighted by Gasteiger charge is 2.27. The van der Waals surface area contributed by atoms with Crippen molar-refractivity contribution in [3.63, 3.8) is 0 Å². The van der Waals surface area contributed by atoms with Crippen LogP contribution in [0.25, 0.3) is 11.6 Å². The first-order valence-electron chi connectivity index (χ1n) is 11.0. The maximum absolute atomic E-state index is 12.6. The highest BCUT2D eigenvalue weighted by molar-refractivity contribution is 5.98. The highest BCUT2D eigenvalue weighted by atomic mass is 16.5. The van der Waals surface area contributed by atoms with Gasteiger partial charge >= 0.3 is 0 Å². The minimum absolute atomic E-state index is 0.00392. The number of ketones is 1. The van der Waals surface area contributed by atoms with Gasteiger partial charge in [-0.25, -0.2) is 4.98 Å². The van der Waals surface area contributed by atoms with Crippen molar-refractivity contribution in [2.24, 2.45) is 0 Å². The van der Waals surface area contributed by atoms with Gasteiger partial charge < -0.3 is 14.2 Å². The summed E-state index contributed by atoms with van der Waals surface area (Å²) in [6.45, 7) is 4.97. The molecule has 0 spiro atoms. The molecule has 33 heavy (non-hydrogen) atoms. The number of benzene rings is 1. The summed E-state index contributed by atoms with van der Waals surface area (Å²) in [6, 6.07) is 5.33. The van der Waals surface area contributed by atoms with Crippen LogP contribution in [0.1, 0.15) is 59.0 Å². The van der Waals surface area contributed by atoms with Crippen LogP contribution in [0.2, 0.25) is 0 Å². The highest BCUT2D eigenvalue weighted by Crippen LogP contribution is 2.28. The fraction of sp³-hybridized carbons (Fsp3) is 0.417. The minimum Gasteiger partial charge on any atom is -0.496 e. The zero-order valence-corrected chi connectivity index (χ0v) is 19.1. The van der Waals surface area contributed by atoms with Crippen LogP contribution in [-0.2, 0) is 4.79 Å². The summed E-state index contributed by atoms with van der Waals surface area (Å²) in [4.78, 5) is 39.9. The van der Waals surface area contributed by atoms with E-state index in [-0.39, 0.29) is 30.4 Å². The number of carbonyl (C=O) groups is 2. The van der Waals surface area contributed by atoms with E-state index in [2.05, 4.69) is 20.1 Å². The van der Waals surface area contributed by atoms with E-state index in [0.717, 1.165) is 29.8 Å². The lowest BCUT2D eigenvalue weighted by atomic mass is 9.95. The number of carbonyl (C=O) groups excluding carboxylic acids is 2. The van der Waals surface area contributed by atoms with Gasteiger partial charge in [-0.05, 0) is 50.5 Å². The summed E-state index contributed by atoms with van der Waals surface area (Å²) in [6.07, 6.45) is 5.15. The van der Waals surface area contributed by atoms with E-state index in [0.29, 0.717) is 36.1 Å². The first-order chi connectivity index (χ1) is 15.9. The number of Topliss-reactive ketones (excluding diaryl/α,β-unsaturated/α-hetero) is 1. The molecule has 172 valence electrons. The number of hydrogen-bond acceptors (Lipinski definition) is 8. The van der Waals surface area contributed by atoms with Crippen LogP contribution in [0.15, 0.2) is 35.1 Å². The van der Waals surface area contributed by atoms with Gasteiger partial charge in [0.05, 0.1) is 19.0 Å². The lowest BCUT2D eigenvalue weighted by molar-refractivity contribution is -0.132. The molecule has 0 unspecified atom stereocenters. The van der Waals surface area contributed by atoms with E-state index >= 15 is 0 Å². The first kappa shape index (κ1) is 22.6. The molecule has 3 heterocycles. The van der Waals surface area contributed by atoms with Crippen molar-refractivity contribution in [2.45, 2.75) is 45.4 Å². The van der Waals surface area contributed by atoms with E-state index in [1.54, 1.807) is 37.7 Å². The normalized spacial score (nSPS) is 14.3. The topological polar surface area (TPSA) is 111 Å². The number of aryl methyl sites for hydroxylation is 2. The number of nitrogens with zero attached hydrogens (tertiary/aromatic N) is 5. The predicted molar refractivity (Wildman–Crippen MR) is 120 cm³/mol. The molecule has 1 amide bonds. The van der Waals surface area contributed by atoms with Crippen molar-refractivity contribution < 1.29 is 18.8 Å². The van der Waals surface area contributed by atoms with Crippen LogP contribution < -0.4 is 4.74 Å². The number of hydrogen-bond donors (Lipinski definition) is 0.